The number of urea groups is 1. The second-order valence-electron chi connectivity index (χ2n) is 7.91. The van der Waals surface area contributed by atoms with Crippen LogP contribution in [-0.4, -0.2) is 58.8 Å². The van der Waals surface area contributed by atoms with Crippen molar-refractivity contribution in [1.29, 1.82) is 0 Å². The van der Waals surface area contributed by atoms with Crippen LogP contribution in [0, 0.1) is 5.92 Å². The molecule has 0 saturated carbocycles. The molecule has 156 valence electrons. The molecule has 1 atom stereocenters. The van der Waals surface area contributed by atoms with Gasteiger partial charge in [-0.25, -0.2) is 4.79 Å². The Morgan fingerprint density at radius 2 is 1.93 bits per heavy atom. The topological polar surface area (TPSA) is 48.1 Å². The number of rotatable bonds is 7. The maximum atomic E-state index is 12.5. The van der Waals surface area contributed by atoms with E-state index in [0.29, 0.717) is 19.0 Å². The van der Waals surface area contributed by atoms with E-state index in [9.17, 15) is 4.79 Å². The third-order valence-electron chi connectivity index (χ3n) is 5.47. The van der Waals surface area contributed by atoms with Crippen molar-refractivity contribution >= 4 is 17.4 Å². The highest BCUT2D eigenvalue weighted by Gasteiger charge is 2.23. The summed E-state index contributed by atoms with van der Waals surface area (Å²) in [6.07, 6.45) is 1.08. The van der Waals surface area contributed by atoms with Crippen LogP contribution in [0.2, 0.25) is 0 Å². The number of hydrogen-bond donors (Lipinski definition) is 1. The summed E-state index contributed by atoms with van der Waals surface area (Å²) in [4.78, 5) is 18.6. The highest BCUT2D eigenvalue weighted by molar-refractivity contribution is 5.73. The van der Waals surface area contributed by atoms with Crippen molar-refractivity contribution in [3.05, 3.63) is 54.1 Å². The molecule has 1 fully saturated rings. The predicted octanol–water partition coefficient (Wildman–Crippen LogP) is 3.43. The third-order valence-corrected chi connectivity index (χ3v) is 5.47. The van der Waals surface area contributed by atoms with Gasteiger partial charge in [-0.3, -0.25) is 0 Å². The average molecular weight is 397 g/mol. The Labute approximate surface area is 174 Å². The number of benzene rings is 2. The van der Waals surface area contributed by atoms with Gasteiger partial charge in [0, 0.05) is 64.8 Å². The first-order valence-corrected chi connectivity index (χ1v) is 10.1. The lowest BCUT2D eigenvalue weighted by atomic mass is 10.1. The van der Waals surface area contributed by atoms with Gasteiger partial charge in [0.05, 0.1) is 7.11 Å². The maximum Gasteiger partial charge on any atom is 0.317 e. The SMILES string of the molecule is COc1cccc(N2CCC(CNC(=O)N(C)Cc3ccc(N(C)C)cc3)C2)c1. The van der Waals surface area contributed by atoms with Gasteiger partial charge in [0.2, 0.25) is 0 Å². The first kappa shape index (κ1) is 20.8. The van der Waals surface area contributed by atoms with E-state index < -0.39 is 0 Å². The number of ether oxygens (including phenoxy) is 1. The van der Waals surface area contributed by atoms with Crippen LogP contribution in [0.5, 0.6) is 5.75 Å². The number of hydrogen-bond acceptors (Lipinski definition) is 4. The Hall–Kier alpha value is -2.89. The molecule has 2 aromatic rings. The number of carbonyl (C=O) groups is 1. The molecule has 6 heteroatoms. The molecule has 1 N–H and O–H groups in total. The normalized spacial score (nSPS) is 15.9. The monoisotopic (exact) mass is 396 g/mol. The van der Waals surface area contributed by atoms with Crippen LogP contribution < -0.4 is 19.9 Å². The Morgan fingerprint density at radius 1 is 1.17 bits per heavy atom. The molecule has 29 heavy (non-hydrogen) atoms. The molecular formula is C23H32N4O2. The van der Waals surface area contributed by atoms with Crippen molar-refractivity contribution in [3.63, 3.8) is 0 Å². The molecule has 1 heterocycles. The van der Waals surface area contributed by atoms with E-state index >= 15 is 0 Å². The molecule has 1 aliphatic heterocycles. The smallest absolute Gasteiger partial charge is 0.317 e. The van der Waals surface area contributed by atoms with Gasteiger partial charge < -0.3 is 24.8 Å². The Balaban J connectivity index is 1.45. The molecular weight excluding hydrogens is 364 g/mol. The molecule has 1 aliphatic rings. The van der Waals surface area contributed by atoms with Crippen molar-refractivity contribution in [1.82, 2.24) is 10.2 Å². The second kappa shape index (κ2) is 9.54. The van der Waals surface area contributed by atoms with E-state index in [0.717, 1.165) is 36.5 Å². The quantitative estimate of drug-likeness (QED) is 0.779. The van der Waals surface area contributed by atoms with Crippen molar-refractivity contribution in [2.45, 2.75) is 13.0 Å². The molecule has 0 bridgehead atoms. The fourth-order valence-electron chi connectivity index (χ4n) is 3.65. The van der Waals surface area contributed by atoms with E-state index in [1.54, 1.807) is 12.0 Å². The minimum absolute atomic E-state index is 0.0264. The van der Waals surface area contributed by atoms with Crippen LogP contribution in [-0.2, 0) is 6.54 Å². The number of amides is 2. The Kier molecular flexibility index (Phi) is 6.86. The summed E-state index contributed by atoms with van der Waals surface area (Å²) in [5.74, 6) is 1.33. The summed E-state index contributed by atoms with van der Waals surface area (Å²) in [7, 11) is 7.57. The van der Waals surface area contributed by atoms with Gasteiger partial charge in [-0.1, -0.05) is 18.2 Å². The lowest BCUT2D eigenvalue weighted by molar-refractivity contribution is 0.205. The molecule has 6 nitrogen and oxygen atoms in total. The molecule has 1 saturated heterocycles. The van der Waals surface area contributed by atoms with Crippen molar-refractivity contribution in [2.24, 2.45) is 5.92 Å². The highest BCUT2D eigenvalue weighted by Crippen LogP contribution is 2.26. The van der Waals surface area contributed by atoms with E-state index in [-0.39, 0.29) is 6.03 Å². The zero-order chi connectivity index (χ0) is 20.8. The molecule has 3 rings (SSSR count). The molecule has 0 aliphatic carbocycles. The lowest BCUT2D eigenvalue weighted by Gasteiger charge is -2.21. The van der Waals surface area contributed by atoms with Gasteiger partial charge in [0.25, 0.3) is 0 Å². The van der Waals surface area contributed by atoms with Gasteiger partial charge in [0.1, 0.15) is 5.75 Å². The van der Waals surface area contributed by atoms with E-state index in [1.165, 1.54) is 5.69 Å². The summed E-state index contributed by atoms with van der Waals surface area (Å²) < 4.78 is 5.32. The number of nitrogens with zero attached hydrogens (tertiary/aromatic N) is 3. The first-order chi connectivity index (χ1) is 14.0. The minimum atomic E-state index is -0.0264. The largest absolute Gasteiger partial charge is 0.497 e. The molecule has 0 spiro atoms. The van der Waals surface area contributed by atoms with Crippen LogP contribution in [0.25, 0.3) is 0 Å². The van der Waals surface area contributed by atoms with Crippen LogP contribution in [0.1, 0.15) is 12.0 Å². The Morgan fingerprint density at radius 3 is 2.62 bits per heavy atom. The van der Waals surface area contributed by atoms with Gasteiger partial charge in [-0.15, -0.1) is 0 Å². The van der Waals surface area contributed by atoms with Gasteiger partial charge in [-0.05, 0) is 42.2 Å². The van der Waals surface area contributed by atoms with Crippen molar-refractivity contribution in [3.8, 4) is 5.75 Å². The van der Waals surface area contributed by atoms with E-state index in [2.05, 4.69) is 51.5 Å². The van der Waals surface area contributed by atoms with Gasteiger partial charge in [-0.2, -0.15) is 0 Å². The number of carbonyl (C=O) groups excluding carboxylic acids is 1. The molecule has 1 unspecified atom stereocenters. The van der Waals surface area contributed by atoms with Crippen LogP contribution >= 0.6 is 0 Å². The molecule has 2 amide bonds. The van der Waals surface area contributed by atoms with Crippen LogP contribution in [0.3, 0.4) is 0 Å². The average Bonchev–Trinajstić information content (AvgIpc) is 3.21. The summed E-state index contributed by atoms with van der Waals surface area (Å²) in [6.45, 7) is 3.24. The van der Waals surface area contributed by atoms with Gasteiger partial charge in [0.15, 0.2) is 0 Å². The van der Waals surface area contributed by atoms with Crippen LogP contribution in [0.15, 0.2) is 48.5 Å². The van der Waals surface area contributed by atoms with E-state index in [4.69, 9.17) is 4.74 Å². The molecule has 0 aromatic heterocycles. The number of nitrogens with one attached hydrogen (secondary N) is 1. The number of anilines is 2. The summed E-state index contributed by atoms with van der Waals surface area (Å²) >= 11 is 0. The van der Waals surface area contributed by atoms with Crippen LogP contribution in [0.4, 0.5) is 16.2 Å². The third kappa shape index (κ3) is 5.56. The number of methoxy groups -OCH3 is 1. The minimum Gasteiger partial charge on any atom is -0.497 e. The second-order valence-corrected chi connectivity index (χ2v) is 7.91. The fraction of sp³-hybridized carbons (Fsp3) is 0.435. The Bertz CT molecular complexity index is 807. The summed E-state index contributed by atoms with van der Waals surface area (Å²) in [5.41, 5.74) is 3.46. The highest BCUT2D eigenvalue weighted by atomic mass is 16.5. The molecule has 0 radical (unpaired) electrons. The molecule has 2 aromatic carbocycles. The first-order valence-electron chi connectivity index (χ1n) is 10.1. The predicted molar refractivity (Wildman–Crippen MR) is 119 cm³/mol. The van der Waals surface area contributed by atoms with Gasteiger partial charge >= 0.3 is 6.03 Å². The summed E-state index contributed by atoms with van der Waals surface area (Å²) in [5, 5.41) is 3.10. The summed E-state index contributed by atoms with van der Waals surface area (Å²) in [6, 6.07) is 16.4. The lowest BCUT2D eigenvalue weighted by Crippen LogP contribution is -2.39. The van der Waals surface area contributed by atoms with E-state index in [1.807, 2.05) is 33.3 Å². The van der Waals surface area contributed by atoms with Crippen molar-refractivity contribution in [2.75, 3.05) is 57.7 Å². The maximum absolute atomic E-state index is 12.5. The zero-order valence-corrected chi connectivity index (χ0v) is 17.9. The standard InChI is InChI=1S/C23H32N4O2/c1-25(2)20-10-8-18(9-11-20)16-26(3)23(28)24-15-19-12-13-27(17-19)21-6-5-7-22(14-21)29-4/h5-11,14,19H,12-13,15-17H2,1-4H3,(H,24,28). The fourth-order valence-corrected chi connectivity index (χ4v) is 3.65. The zero-order valence-electron chi connectivity index (χ0n) is 17.9. The van der Waals surface area contributed by atoms with Crippen molar-refractivity contribution < 1.29 is 9.53 Å².